The summed E-state index contributed by atoms with van der Waals surface area (Å²) in [7, 11) is 0. The Morgan fingerprint density at radius 3 is 2.27 bits per heavy atom. The third kappa shape index (κ3) is 4.62. The van der Waals surface area contributed by atoms with Gasteiger partial charge in [-0.1, -0.05) is 34.1 Å². The van der Waals surface area contributed by atoms with E-state index in [1.165, 1.54) is 0 Å². The van der Waals surface area contributed by atoms with E-state index in [9.17, 15) is 4.79 Å². The van der Waals surface area contributed by atoms with Crippen LogP contribution < -0.4 is 11.1 Å². The molecule has 0 aromatic carbocycles. The number of carbonyl (C=O) groups excluding carboxylic acids is 1. The van der Waals surface area contributed by atoms with E-state index in [1.54, 1.807) is 0 Å². The van der Waals surface area contributed by atoms with E-state index >= 15 is 0 Å². The molecule has 0 spiro atoms. The van der Waals surface area contributed by atoms with Gasteiger partial charge >= 0.3 is 0 Å². The maximum atomic E-state index is 11.7. The van der Waals surface area contributed by atoms with Crippen LogP contribution in [-0.2, 0) is 4.79 Å². The van der Waals surface area contributed by atoms with Gasteiger partial charge in [-0.2, -0.15) is 0 Å². The Kier molecular flexibility index (Phi) is 6.52. The van der Waals surface area contributed by atoms with Gasteiger partial charge in [0.1, 0.15) is 0 Å². The summed E-state index contributed by atoms with van der Waals surface area (Å²) in [6, 6.07) is -0.685. The standard InChI is InChI=1S/C11H24N2O2/c1-5-8(4)10(12)11(15)13-9(6-14)7(2)3/h7-10,14H,5-6,12H2,1-4H3,(H,13,15)/t8?,9?,10-/m0/s1. The molecule has 2 unspecified atom stereocenters. The highest BCUT2D eigenvalue weighted by atomic mass is 16.3. The molecule has 1 amide bonds. The zero-order valence-corrected chi connectivity index (χ0v) is 10.2. The van der Waals surface area contributed by atoms with E-state index in [1.807, 2.05) is 27.7 Å². The zero-order valence-electron chi connectivity index (χ0n) is 10.2. The van der Waals surface area contributed by atoms with Gasteiger partial charge in [-0.05, 0) is 11.8 Å². The number of rotatable bonds is 6. The van der Waals surface area contributed by atoms with Gasteiger partial charge in [0.15, 0.2) is 0 Å². The van der Waals surface area contributed by atoms with Gasteiger partial charge in [-0.25, -0.2) is 0 Å². The van der Waals surface area contributed by atoms with Crippen molar-refractivity contribution in [2.75, 3.05) is 6.61 Å². The average molecular weight is 216 g/mol. The fourth-order valence-electron chi connectivity index (χ4n) is 1.21. The lowest BCUT2D eigenvalue weighted by atomic mass is 9.98. The topological polar surface area (TPSA) is 75.4 Å². The highest BCUT2D eigenvalue weighted by Gasteiger charge is 2.22. The van der Waals surface area contributed by atoms with Crippen LogP contribution in [0.15, 0.2) is 0 Å². The van der Waals surface area contributed by atoms with E-state index < -0.39 is 6.04 Å². The van der Waals surface area contributed by atoms with Gasteiger partial charge in [0.25, 0.3) is 0 Å². The molecule has 4 nitrogen and oxygen atoms in total. The number of hydrogen-bond acceptors (Lipinski definition) is 3. The minimum atomic E-state index is -0.484. The second-order valence-electron chi connectivity index (χ2n) is 4.45. The lowest BCUT2D eigenvalue weighted by Crippen LogP contribution is -2.50. The molecule has 0 aliphatic heterocycles. The van der Waals surface area contributed by atoms with E-state index in [-0.39, 0.29) is 30.4 Å². The summed E-state index contributed by atoms with van der Waals surface area (Å²) in [5.74, 6) is 0.205. The molecule has 3 atom stereocenters. The molecule has 4 heteroatoms. The summed E-state index contributed by atoms with van der Waals surface area (Å²) in [5, 5.41) is 11.8. The quantitative estimate of drug-likeness (QED) is 0.605. The summed E-state index contributed by atoms with van der Waals surface area (Å²) in [6.45, 7) is 7.82. The molecule has 0 fully saturated rings. The van der Waals surface area contributed by atoms with Crippen molar-refractivity contribution in [1.29, 1.82) is 0 Å². The first kappa shape index (κ1) is 14.4. The molecule has 0 rings (SSSR count). The second-order valence-corrected chi connectivity index (χ2v) is 4.45. The molecule has 0 saturated heterocycles. The molecule has 4 N–H and O–H groups in total. The van der Waals surface area contributed by atoms with Crippen LogP contribution in [0.3, 0.4) is 0 Å². The highest BCUT2D eigenvalue weighted by molar-refractivity contribution is 5.82. The maximum absolute atomic E-state index is 11.7. The molecule has 90 valence electrons. The van der Waals surface area contributed by atoms with Crippen molar-refractivity contribution < 1.29 is 9.90 Å². The molecule has 15 heavy (non-hydrogen) atoms. The van der Waals surface area contributed by atoms with Crippen LogP contribution in [0.25, 0.3) is 0 Å². The number of nitrogens with one attached hydrogen (secondary N) is 1. The smallest absolute Gasteiger partial charge is 0.237 e. The van der Waals surface area contributed by atoms with Crippen molar-refractivity contribution in [1.82, 2.24) is 5.32 Å². The molecule has 0 aromatic rings. The van der Waals surface area contributed by atoms with Gasteiger partial charge in [0.2, 0.25) is 5.91 Å². The van der Waals surface area contributed by atoms with Crippen molar-refractivity contribution in [3.05, 3.63) is 0 Å². The SMILES string of the molecule is CCC(C)[C@H](N)C(=O)NC(CO)C(C)C. The van der Waals surface area contributed by atoms with Gasteiger partial charge in [0.05, 0.1) is 18.7 Å². The highest BCUT2D eigenvalue weighted by Crippen LogP contribution is 2.07. The summed E-state index contributed by atoms with van der Waals surface area (Å²) < 4.78 is 0. The van der Waals surface area contributed by atoms with Crippen molar-refractivity contribution in [3.8, 4) is 0 Å². The van der Waals surface area contributed by atoms with E-state index in [2.05, 4.69) is 5.32 Å². The summed E-state index contributed by atoms with van der Waals surface area (Å²) in [5.41, 5.74) is 5.78. The summed E-state index contributed by atoms with van der Waals surface area (Å²) in [4.78, 5) is 11.7. The van der Waals surface area contributed by atoms with Crippen molar-refractivity contribution in [2.24, 2.45) is 17.6 Å². The van der Waals surface area contributed by atoms with Crippen LogP contribution in [-0.4, -0.2) is 29.7 Å². The van der Waals surface area contributed by atoms with Crippen molar-refractivity contribution >= 4 is 5.91 Å². The summed E-state index contributed by atoms with van der Waals surface area (Å²) in [6.07, 6.45) is 0.875. The Bertz CT molecular complexity index is 195. The van der Waals surface area contributed by atoms with Crippen LogP contribution >= 0.6 is 0 Å². The maximum Gasteiger partial charge on any atom is 0.237 e. The molecule has 0 bridgehead atoms. The minimum Gasteiger partial charge on any atom is -0.394 e. The molecule has 0 aliphatic carbocycles. The third-order valence-electron chi connectivity index (χ3n) is 2.89. The van der Waals surface area contributed by atoms with Crippen molar-refractivity contribution in [3.63, 3.8) is 0 Å². The fraction of sp³-hybridized carbons (Fsp3) is 0.909. The van der Waals surface area contributed by atoms with Crippen molar-refractivity contribution in [2.45, 2.75) is 46.2 Å². The Hall–Kier alpha value is -0.610. The Balaban J connectivity index is 4.22. The molecule has 0 saturated carbocycles. The predicted molar refractivity (Wildman–Crippen MR) is 61.3 cm³/mol. The van der Waals surface area contributed by atoms with Gasteiger partial charge in [-0.15, -0.1) is 0 Å². The van der Waals surface area contributed by atoms with Gasteiger partial charge in [0, 0.05) is 0 Å². The minimum absolute atomic E-state index is 0.0450. The number of hydrogen-bond donors (Lipinski definition) is 3. The first-order valence-corrected chi connectivity index (χ1v) is 5.60. The molecule has 0 aromatic heterocycles. The van der Waals surface area contributed by atoms with Gasteiger partial charge < -0.3 is 16.2 Å². The van der Waals surface area contributed by atoms with Crippen LogP contribution in [0, 0.1) is 11.8 Å². The Labute approximate surface area is 92.2 Å². The molecular weight excluding hydrogens is 192 g/mol. The monoisotopic (exact) mass is 216 g/mol. The third-order valence-corrected chi connectivity index (χ3v) is 2.89. The molecule has 0 heterocycles. The summed E-state index contributed by atoms with van der Waals surface area (Å²) >= 11 is 0. The molecule has 0 radical (unpaired) electrons. The molecule has 0 aliphatic rings. The lowest BCUT2D eigenvalue weighted by Gasteiger charge is -2.24. The first-order valence-electron chi connectivity index (χ1n) is 5.60. The van der Waals surface area contributed by atoms with Crippen LogP contribution in [0.2, 0.25) is 0 Å². The zero-order chi connectivity index (χ0) is 12.0. The number of carbonyl (C=O) groups is 1. The lowest BCUT2D eigenvalue weighted by molar-refractivity contribution is -0.124. The number of amides is 1. The van der Waals surface area contributed by atoms with E-state index in [4.69, 9.17) is 10.8 Å². The Morgan fingerprint density at radius 2 is 1.93 bits per heavy atom. The first-order chi connectivity index (χ1) is 6.93. The van der Waals surface area contributed by atoms with Crippen LogP contribution in [0.4, 0.5) is 0 Å². The largest absolute Gasteiger partial charge is 0.394 e. The van der Waals surface area contributed by atoms with E-state index in [0.717, 1.165) is 6.42 Å². The number of aliphatic hydroxyl groups excluding tert-OH is 1. The number of nitrogens with two attached hydrogens (primary N) is 1. The predicted octanol–water partition coefficient (Wildman–Crippen LogP) is 0.493. The number of aliphatic hydroxyl groups is 1. The molecular formula is C11H24N2O2. The van der Waals surface area contributed by atoms with Gasteiger partial charge in [-0.3, -0.25) is 4.79 Å². The van der Waals surface area contributed by atoms with Crippen LogP contribution in [0.1, 0.15) is 34.1 Å². The normalized spacial score (nSPS) is 17.3. The second kappa shape index (κ2) is 6.80. The van der Waals surface area contributed by atoms with Crippen LogP contribution in [0.5, 0.6) is 0 Å². The fourth-order valence-corrected chi connectivity index (χ4v) is 1.21. The average Bonchev–Trinajstić information content (AvgIpc) is 2.22. The Morgan fingerprint density at radius 1 is 1.40 bits per heavy atom. The van der Waals surface area contributed by atoms with E-state index in [0.29, 0.717) is 0 Å².